The first kappa shape index (κ1) is 13.8. The Balaban J connectivity index is 2.29. The number of rotatable bonds is 1. The number of alkyl halides is 3. The fourth-order valence-corrected chi connectivity index (χ4v) is 2.08. The van der Waals surface area contributed by atoms with E-state index in [0.717, 1.165) is 0 Å². The second-order valence-electron chi connectivity index (χ2n) is 4.44. The number of hydrogen-bond acceptors (Lipinski definition) is 3. The van der Waals surface area contributed by atoms with Crippen molar-refractivity contribution in [1.82, 2.24) is 0 Å². The lowest BCUT2D eigenvalue weighted by Gasteiger charge is -2.27. The lowest BCUT2D eigenvalue weighted by Crippen LogP contribution is -2.36. The summed E-state index contributed by atoms with van der Waals surface area (Å²) in [5.74, 6) is -2.05. The highest BCUT2D eigenvalue weighted by atomic mass is 19.4. The van der Waals surface area contributed by atoms with Crippen LogP contribution >= 0.6 is 0 Å². The second kappa shape index (κ2) is 4.82. The van der Waals surface area contributed by atoms with Crippen molar-refractivity contribution in [3.05, 3.63) is 29.3 Å². The maximum atomic E-state index is 12.2. The van der Waals surface area contributed by atoms with E-state index in [1.165, 1.54) is 12.1 Å². The number of amides is 1. The van der Waals surface area contributed by atoms with Gasteiger partial charge in [0, 0.05) is 18.5 Å². The van der Waals surface area contributed by atoms with Gasteiger partial charge in [0.2, 0.25) is 0 Å². The Morgan fingerprint density at radius 3 is 2.47 bits per heavy atom. The summed E-state index contributed by atoms with van der Waals surface area (Å²) in [6.45, 7) is 0. The molecule has 1 aromatic carbocycles. The van der Waals surface area contributed by atoms with Crippen LogP contribution in [0.3, 0.4) is 0 Å². The van der Waals surface area contributed by atoms with Gasteiger partial charge < -0.3 is 15.5 Å². The van der Waals surface area contributed by atoms with Crippen molar-refractivity contribution in [3.63, 3.8) is 0 Å². The third-order valence-electron chi connectivity index (χ3n) is 3.07. The molecule has 1 aromatic rings. The quantitative estimate of drug-likeness (QED) is 0.716. The fourth-order valence-electron chi connectivity index (χ4n) is 2.08. The van der Waals surface area contributed by atoms with Crippen LogP contribution in [0.5, 0.6) is 0 Å². The van der Waals surface area contributed by atoms with E-state index in [4.69, 9.17) is 0 Å². The monoisotopic (exact) mass is 275 g/mol. The molecule has 0 heterocycles. The molecule has 0 aliphatic heterocycles. The van der Waals surface area contributed by atoms with E-state index >= 15 is 0 Å². The Morgan fingerprint density at radius 1 is 1.21 bits per heavy atom. The van der Waals surface area contributed by atoms with Gasteiger partial charge in [-0.2, -0.15) is 13.2 Å². The van der Waals surface area contributed by atoms with E-state index in [1.54, 1.807) is 11.4 Å². The van der Waals surface area contributed by atoms with Crippen molar-refractivity contribution in [2.75, 3.05) is 5.32 Å². The van der Waals surface area contributed by atoms with Gasteiger partial charge in [-0.25, -0.2) is 0 Å². The van der Waals surface area contributed by atoms with Gasteiger partial charge in [0.15, 0.2) is 0 Å². The van der Waals surface area contributed by atoms with Gasteiger partial charge in [0.1, 0.15) is 0 Å². The molecule has 0 unspecified atom stereocenters. The maximum absolute atomic E-state index is 12.2. The Kier molecular flexibility index (Phi) is 3.51. The zero-order chi connectivity index (χ0) is 14.2. The summed E-state index contributed by atoms with van der Waals surface area (Å²) in [5.41, 5.74) is 1.07. The molecule has 1 amide bonds. The van der Waals surface area contributed by atoms with E-state index in [1.807, 2.05) is 0 Å². The van der Waals surface area contributed by atoms with Gasteiger partial charge in [0.05, 0.1) is 12.2 Å². The van der Waals surface area contributed by atoms with Crippen LogP contribution in [-0.2, 0) is 17.6 Å². The Labute approximate surface area is 106 Å². The minimum Gasteiger partial charge on any atom is -0.390 e. The van der Waals surface area contributed by atoms with Crippen LogP contribution in [-0.4, -0.2) is 34.5 Å². The Morgan fingerprint density at radius 2 is 1.84 bits per heavy atom. The summed E-state index contributed by atoms with van der Waals surface area (Å²) in [5, 5.41) is 20.9. The number of aliphatic hydroxyl groups is 2. The number of fused-ring (bicyclic) bond motifs is 1. The minimum atomic E-state index is -4.96. The molecule has 104 valence electrons. The van der Waals surface area contributed by atoms with E-state index in [9.17, 15) is 28.2 Å². The maximum Gasteiger partial charge on any atom is 0.471 e. The van der Waals surface area contributed by atoms with Crippen molar-refractivity contribution in [2.24, 2.45) is 0 Å². The van der Waals surface area contributed by atoms with E-state index in [-0.39, 0.29) is 18.5 Å². The van der Waals surface area contributed by atoms with E-state index in [2.05, 4.69) is 0 Å². The number of carbonyl (C=O) groups is 1. The minimum absolute atomic E-state index is 0.00477. The molecule has 3 N–H and O–H groups in total. The van der Waals surface area contributed by atoms with E-state index < -0.39 is 24.3 Å². The number of anilines is 1. The number of benzene rings is 1. The average molecular weight is 275 g/mol. The molecule has 0 aromatic heterocycles. The summed E-state index contributed by atoms with van der Waals surface area (Å²) in [7, 11) is 0. The number of carbonyl (C=O) groups excluding carboxylic acids is 1. The summed E-state index contributed by atoms with van der Waals surface area (Å²) in [4.78, 5) is 10.9. The molecule has 0 saturated carbocycles. The largest absolute Gasteiger partial charge is 0.471 e. The lowest BCUT2D eigenvalue weighted by atomic mass is 9.86. The standard InChI is InChI=1S/C12H12F3NO3/c13-12(14,15)11(19)16-8-3-1-2-6-4-9(17)10(18)5-7(6)8/h1-3,9-10,17-18H,4-5H2,(H,16,19)/t9-,10-/m0/s1. The summed E-state index contributed by atoms with van der Waals surface area (Å²) in [6.07, 6.45) is -6.80. The van der Waals surface area contributed by atoms with E-state index in [0.29, 0.717) is 11.1 Å². The average Bonchev–Trinajstić information content (AvgIpc) is 2.30. The highest BCUT2D eigenvalue weighted by Crippen LogP contribution is 2.29. The normalized spacial score (nSPS) is 22.8. The predicted octanol–water partition coefficient (Wildman–Crippen LogP) is 1.01. The zero-order valence-electron chi connectivity index (χ0n) is 9.74. The number of hydrogen-bond donors (Lipinski definition) is 3. The van der Waals surface area contributed by atoms with Crippen LogP contribution in [0.4, 0.5) is 18.9 Å². The molecular weight excluding hydrogens is 263 g/mol. The topological polar surface area (TPSA) is 69.6 Å². The molecule has 4 nitrogen and oxygen atoms in total. The van der Waals surface area contributed by atoms with Gasteiger partial charge in [-0.3, -0.25) is 4.79 Å². The van der Waals surface area contributed by atoms with Gasteiger partial charge in [-0.1, -0.05) is 12.1 Å². The van der Waals surface area contributed by atoms with Crippen molar-refractivity contribution < 1.29 is 28.2 Å². The molecule has 0 spiro atoms. The van der Waals surface area contributed by atoms with Crippen LogP contribution in [0, 0.1) is 0 Å². The molecule has 1 aliphatic carbocycles. The molecule has 0 fully saturated rings. The highest BCUT2D eigenvalue weighted by molar-refractivity contribution is 5.95. The molecule has 0 saturated heterocycles. The van der Waals surface area contributed by atoms with Crippen LogP contribution in [0.15, 0.2) is 18.2 Å². The molecule has 0 radical (unpaired) electrons. The van der Waals surface area contributed by atoms with Crippen LogP contribution in [0.2, 0.25) is 0 Å². The third-order valence-corrected chi connectivity index (χ3v) is 3.07. The van der Waals surface area contributed by atoms with Crippen molar-refractivity contribution >= 4 is 11.6 Å². The third kappa shape index (κ3) is 2.87. The second-order valence-corrected chi connectivity index (χ2v) is 4.44. The molecule has 0 bridgehead atoms. The Hall–Kier alpha value is -1.60. The molecule has 1 aliphatic rings. The molecule has 7 heteroatoms. The summed E-state index contributed by atoms with van der Waals surface area (Å²) in [6, 6.07) is 4.48. The zero-order valence-corrected chi connectivity index (χ0v) is 9.74. The van der Waals surface area contributed by atoms with Crippen molar-refractivity contribution in [3.8, 4) is 0 Å². The Bertz CT molecular complexity index is 501. The first-order valence-corrected chi connectivity index (χ1v) is 5.64. The number of aliphatic hydroxyl groups excluding tert-OH is 2. The fraction of sp³-hybridized carbons (Fsp3) is 0.417. The molecule has 2 atom stereocenters. The summed E-state index contributed by atoms with van der Waals surface area (Å²) >= 11 is 0. The van der Waals surface area contributed by atoms with Crippen LogP contribution in [0.1, 0.15) is 11.1 Å². The SMILES string of the molecule is O=C(Nc1cccc2c1C[C@H](O)[C@@H](O)C2)C(F)(F)F. The highest BCUT2D eigenvalue weighted by Gasteiger charge is 2.39. The van der Waals surface area contributed by atoms with Gasteiger partial charge in [-0.15, -0.1) is 0 Å². The lowest BCUT2D eigenvalue weighted by molar-refractivity contribution is -0.167. The predicted molar refractivity (Wildman–Crippen MR) is 60.5 cm³/mol. The van der Waals surface area contributed by atoms with Crippen molar-refractivity contribution in [1.29, 1.82) is 0 Å². The molecule has 19 heavy (non-hydrogen) atoms. The molecule has 2 rings (SSSR count). The summed E-state index contributed by atoms with van der Waals surface area (Å²) < 4.78 is 36.6. The van der Waals surface area contributed by atoms with Crippen LogP contribution in [0.25, 0.3) is 0 Å². The first-order valence-electron chi connectivity index (χ1n) is 5.64. The number of nitrogens with one attached hydrogen (secondary N) is 1. The van der Waals surface area contributed by atoms with Crippen LogP contribution < -0.4 is 5.32 Å². The smallest absolute Gasteiger partial charge is 0.390 e. The van der Waals surface area contributed by atoms with Crippen molar-refractivity contribution in [2.45, 2.75) is 31.2 Å². The van der Waals surface area contributed by atoms with Gasteiger partial charge in [0.25, 0.3) is 0 Å². The van der Waals surface area contributed by atoms with Gasteiger partial charge in [-0.05, 0) is 17.2 Å². The first-order chi connectivity index (χ1) is 8.79. The molecular formula is C12H12F3NO3. The van der Waals surface area contributed by atoms with Gasteiger partial charge >= 0.3 is 12.1 Å². The number of halogens is 3.